The van der Waals surface area contributed by atoms with E-state index >= 15 is 0 Å². The van der Waals surface area contributed by atoms with Crippen LogP contribution in [0.3, 0.4) is 0 Å². The van der Waals surface area contributed by atoms with E-state index in [0.717, 1.165) is 38.4 Å². The Kier molecular flexibility index (Phi) is 2.61. The average Bonchev–Trinajstić information content (AvgIpc) is 2.62. The number of piperazine rings is 1. The van der Waals surface area contributed by atoms with E-state index in [2.05, 4.69) is 22.0 Å². The van der Waals surface area contributed by atoms with Crippen molar-refractivity contribution in [3.63, 3.8) is 0 Å². The first kappa shape index (κ1) is 8.72. The van der Waals surface area contributed by atoms with Crippen molar-refractivity contribution < 1.29 is 4.52 Å². The van der Waals surface area contributed by atoms with Gasteiger partial charge >= 0.3 is 0 Å². The summed E-state index contributed by atoms with van der Waals surface area (Å²) in [6, 6.07) is 1.93. The number of hydrogen-bond acceptors (Lipinski definition) is 4. The summed E-state index contributed by atoms with van der Waals surface area (Å²) in [7, 11) is 2.16. The molecular weight excluding hydrogens is 166 g/mol. The van der Waals surface area contributed by atoms with Gasteiger partial charge in [0.2, 0.25) is 0 Å². The predicted molar refractivity (Wildman–Crippen MR) is 49.3 cm³/mol. The quantitative estimate of drug-likeness (QED) is 0.662. The highest BCUT2D eigenvalue weighted by atomic mass is 16.5. The van der Waals surface area contributed by atoms with Gasteiger partial charge in [0.15, 0.2) is 0 Å². The van der Waals surface area contributed by atoms with Crippen molar-refractivity contribution in [3.8, 4) is 0 Å². The molecule has 1 aliphatic rings. The van der Waals surface area contributed by atoms with Crippen LogP contribution in [0.5, 0.6) is 0 Å². The zero-order chi connectivity index (χ0) is 9.10. The van der Waals surface area contributed by atoms with Gasteiger partial charge in [0.25, 0.3) is 0 Å². The lowest BCUT2D eigenvalue weighted by atomic mass is 10.3. The fourth-order valence-electron chi connectivity index (χ4n) is 1.55. The normalized spacial score (nSPS) is 20.7. The van der Waals surface area contributed by atoms with Gasteiger partial charge < -0.3 is 9.42 Å². The first-order chi connectivity index (χ1) is 6.34. The summed E-state index contributed by atoms with van der Waals surface area (Å²) in [5, 5.41) is 3.90. The second-order valence-corrected chi connectivity index (χ2v) is 3.57. The lowest BCUT2D eigenvalue weighted by Crippen LogP contribution is -2.43. The van der Waals surface area contributed by atoms with Crippen LogP contribution in [-0.2, 0) is 6.54 Å². The van der Waals surface area contributed by atoms with Gasteiger partial charge in [-0.1, -0.05) is 5.16 Å². The summed E-state index contributed by atoms with van der Waals surface area (Å²) in [4.78, 5) is 4.75. The number of likely N-dealkylation sites (N-methyl/N-ethyl adjacent to an activating group) is 1. The van der Waals surface area contributed by atoms with Gasteiger partial charge in [-0.15, -0.1) is 0 Å². The monoisotopic (exact) mass is 181 g/mol. The molecule has 0 radical (unpaired) electrons. The Balaban J connectivity index is 1.83. The highest BCUT2D eigenvalue weighted by Gasteiger charge is 2.14. The second-order valence-electron chi connectivity index (χ2n) is 3.57. The molecule has 0 atom stereocenters. The Morgan fingerprint density at radius 2 is 2.15 bits per heavy atom. The van der Waals surface area contributed by atoms with Crippen molar-refractivity contribution >= 4 is 0 Å². The van der Waals surface area contributed by atoms with Crippen LogP contribution in [0.1, 0.15) is 5.69 Å². The van der Waals surface area contributed by atoms with Crippen LogP contribution in [0, 0.1) is 0 Å². The molecule has 0 aliphatic carbocycles. The van der Waals surface area contributed by atoms with Crippen molar-refractivity contribution in [2.75, 3.05) is 33.2 Å². The molecule has 0 N–H and O–H groups in total. The Morgan fingerprint density at radius 1 is 1.38 bits per heavy atom. The third-order valence-corrected chi connectivity index (χ3v) is 2.47. The lowest BCUT2D eigenvalue weighted by Gasteiger charge is -2.31. The maximum atomic E-state index is 4.79. The summed E-state index contributed by atoms with van der Waals surface area (Å²) in [6.07, 6.45) is 1.63. The maximum absolute atomic E-state index is 4.79. The molecule has 72 valence electrons. The van der Waals surface area contributed by atoms with E-state index < -0.39 is 0 Å². The minimum absolute atomic E-state index is 0.921. The zero-order valence-corrected chi connectivity index (χ0v) is 7.94. The molecule has 0 unspecified atom stereocenters. The number of hydrogen-bond donors (Lipinski definition) is 0. The molecule has 2 rings (SSSR count). The zero-order valence-electron chi connectivity index (χ0n) is 7.94. The summed E-state index contributed by atoms with van der Waals surface area (Å²) < 4.78 is 4.79. The van der Waals surface area contributed by atoms with Gasteiger partial charge in [0, 0.05) is 38.8 Å². The van der Waals surface area contributed by atoms with Gasteiger partial charge in [0.05, 0.1) is 5.69 Å². The van der Waals surface area contributed by atoms with E-state index in [1.54, 1.807) is 6.26 Å². The van der Waals surface area contributed by atoms with Crippen molar-refractivity contribution in [2.45, 2.75) is 6.54 Å². The van der Waals surface area contributed by atoms with E-state index in [-0.39, 0.29) is 0 Å². The Labute approximate surface area is 78.1 Å². The standard InChI is InChI=1S/C9H15N3O/c1-11-3-5-12(6-4-11)8-9-2-7-13-10-9/h2,7H,3-6,8H2,1H3. The van der Waals surface area contributed by atoms with E-state index in [4.69, 9.17) is 4.52 Å². The topological polar surface area (TPSA) is 32.5 Å². The van der Waals surface area contributed by atoms with Gasteiger partial charge in [-0.25, -0.2) is 0 Å². The SMILES string of the molecule is CN1CCN(Cc2ccon2)CC1. The third kappa shape index (κ3) is 2.29. The molecule has 0 saturated carbocycles. The predicted octanol–water partition coefficient (Wildman–Crippen LogP) is 0.422. The van der Waals surface area contributed by atoms with Crippen LogP contribution >= 0.6 is 0 Å². The summed E-state index contributed by atoms with van der Waals surface area (Å²) >= 11 is 0. The minimum Gasteiger partial charge on any atom is -0.364 e. The largest absolute Gasteiger partial charge is 0.364 e. The molecule has 0 amide bonds. The van der Waals surface area contributed by atoms with E-state index in [1.165, 1.54) is 0 Å². The number of aromatic nitrogens is 1. The van der Waals surface area contributed by atoms with Crippen molar-refractivity contribution in [3.05, 3.63) is 18.0 Å². The smallest absolute Gasteiger partial charge is 0.124 e. The molecule has 4 nitrogen and oxygen atoms in total. The summed E-state index contributed by atoms with van der Waals surface area (Å²) in [5.41, 5.74) is 1.03. The molecule has 2 heterocycles. The van der Waals surface area contributed by atoms with E-state index in [0.29, 0.717) is 0 Å². The fraction of sp³-hybridized carbons (Fsp3) is 0.667. The molecule has 1 saturated heterocycles. The maximum Gasteiger partial charge on any atom is 0.124 e. The highest BCUT2D eigenvalue weighted by molar-refractivity contribution is 4.95. The van der Waals surface area contributed by atoms with Crippen molar-refractivity contribution in [1.29, 1.82) is 0 Å². The van der Waals surface area contributed by atoms with E-state index in [1.807, 2.05) is 6.07 Å². The molecule has 0 bridgehead atoms. The van der Waals surface area contributed by atoms with Gasteiger partial charge in [0.1, 0.15) is 6.26 Å². The first-order valence-corrected chi connectivity index (χ1v) is 4.65. The Hall–Kier alpha value is -0.870. The van der Waals surface area contributed by atoms with Crippen LogP contribution in [0.4, 0.5) is 0 Å². The summed E-state index contributed by atoms with van der Waals surface area (Å²) in [5.74, 6) is 0. The van der Waals surface area contributed by atoms with Gasteiger partial charge in [-0.2, -0.15) is 0 Å². The first-order valence-electron chi connectivity index (χ1n) is 4.65. The molecule has 13 heavy (non-hydrogen) atoms. The van der Waals surface area contributed by atoms with E-state index in [9.17, 15) is 0 Å². The van der Waals surface area contributed by atoms with Crippen molar-refractivity contribution in [1.82, 2.24) is 15.0 Å². The molecule has 0 aromatic carbocycles. The molecule has 1 aromatic heterocycles. The minimum atomic E-state index is 0.921. The highest BCUT2D eigenvalue weighted by Crippen LogP contribution is 2.05. The van der Waals surface area contributed by atoms with Crippen molar-refractivity contribution in [2.24, 2.45) is 0 Å². The average molecular weight is 181 g/mol. The van der Waals surface area contributed by atoms with Gasteiger partial charge in [-0.3, -0.25) is 4.90 Å². The number of nitrogens with zero attached hydrogens (tertiary/aromatic N) is 3. The molecule has 0 spiro atoms. The van der Waals surface area contributed by atoms with Crippen LogP contribution in [0.25, 0.3) is 0 Å². The Morgan fingerprint density at radius 3 is 2.77 bits per heavy atom. The van der Waals surface area contributed by atoms with Crippen LogP contribution < -0.4 is 0 Å². The second kappa shape index (κ2) is 3.89. The lowest BCUT2D eigenvalue weighted by molar-refractivity contribution is 0.145. The summed E-state index contributed by atoms with van der Waals surface area (Å²) in [6.45, 7) is 5.48. The van der Waals surface area contributed by atoms with Crippen LogP contribution in [-0.4, -0.2) is 48.2 Å². The Bertz CT molecular complexity index is 239. The van der Waals surface area contributed by atoms with Gasteiger partial charge in [-0.05, 0) is 7.05 Å². The third-order valence-electron chi connectivity index (χ3n) is 2.47. The van der Waals surface area contributed by atoms with Crippen LogP contribution in [0.2, 0.25) is 0 Å². The van der Waals surface area contributed by atoms with Crippen LogP contribution in [0.15, 0.2) is 16.9 Å². The molecular formula is C9H15N3O. The molecule has 1 aromatic rings. The fourth-order valence-corrected chi connectivity index (χ4v) is 1.55. The molecule has 1 fully saturated rings. The molecule has 4 heteroatoms. The molecule has 1 aliphatic heterocycles. The number of rotatable bonds is 2.